The molecule has 0 aliphatic rings. The molecule has 5 nitrogen and oxygen atoms in total. The van der Waals surface area contributed by atoms with Gasteiger partial charge < -0.3 is 9.88 Å². The number of amides is 1. The van der Waals surface area contributed by atoms with E-state index in [1.54, 1.807) is 6.92 Å². The standard InChI is InChI=1S/C17H20FN3O2/c1-10-13(14(22)20-16(19-10)17(2,3)4)15(23)21(5)12-8-6-11(18)7-9-12/h6-9H,1-5H3,(H,19,20,22). The number of aromatic nitrogens is 2. The SMILES string of the molecule is Cc1nc(C(C)(C)C)[nH]c(=O)c1C(=O)N(C)c1ccc(F)cc1. The first-order valence-electron chi connectivity index (χ1n) is 7.26. The van der Waals surface area contributed by atoms with Crippen molar-refractivity contribution < 1.29 is 9.18 Å². The molecule has 0 unspecified atom stereocenters. The van der Waals surface area contributed by atoms with Gasteiger partial charge in [0.05, 0.1) is 5.69 Å². The van der Waals surface area contributed by atoms with Crippen molar-refractivity contribution in [3.8, 4) is 0 Å². The van der Waals surface area contributed by atoms with E-state index < -0.39 is 11.5 Å². The first kappa shape index (κ1) is 16.9. The number of hydrogen-bond donors (Lipinski definition) is 1. The number of carbonyl (C=O) groups is 1. The molecule has 0 atom stereocenters. The Hall–Kier alpha value is -2.50. The van der Waals surface area contributed by atoms with Crippen LogP contribution in [0.4, 0.5) is 10.1 Å². The normalized spacial score (nSPS) is 11.4. The lowest BCUT2D eigenvalue weighted by Gasteiger charge is -2.20. The summed E-state index contributed by atoms with van der Waals surface area (Å²) in [6.07, 6.45) is 0. The Morgan fingerprint density at radius 3 is 2.26 bits per heavy atom. The number of hydrogen-bond acceptors (Lipinski definition) is 3. The topological polar surface area (TPSA) is 66.1 Å². The molecule has 2 rings (SSSR count). The third-order valence-electron chi connectivity index (χ3n) is 3.54. The highest BCUT2D eigenvalue weighted by Gasteiger charge is 2.24. The highest BCUT2D eigenvalue weighted by Crippen LogP contribution is 2.19. The zero-order valence-electron chi connectivity index (χ0n) is 13.9. The van der Waals surface area contributed by atoms with Gasteiger partial charge in [0.25, 0.3) is 11.5 Å². The lowest BCUT2D eigenvalue weighted by Crippen LogP contribution is -2.35. The van der Waals surface area contributed by atoms with E-state index in [0.717, 1.165) is 0 Å². The minimum atomic E-state index is -0.483. The molecular weight excluding hydrogens is 297 g/mol. The molecule has 0 radical (unpaired) electrons. The van der Waals surface area contributed by atoms with E-state index in [1.807, 2.05) is 20.8 Å². The van der Waals surface area contributed by atoms with E-state index in [4.69, 9.17) is 0 Å². The van der Waals surface area contributed by atoms with Crippen molar-refractivity contribution in [2.45, 2.75) is 33.1 Å². The maximum atomic E-state index is 13.0. The molecule has 0 bridgehead atoms. The Labute approximate surface area is 134 Å². The molecular formula is C17H20FN3O2. The molecule has 0 spiro atoms. The van der Waals surface area contributed by atoms with Crippen LogP contribution in [-0.4, -0.2) is 22.9 Å². The van der Waals surface area contributed by atoms with Crippen LogP contribution in [0.1, 0.15) is 42.6 Å². The van der Waals surface area contributed by atoms with Crippen molar-refractivity contribution in [2.75, 3.05) is 11.9 Å². The van der Waals surface area contributed by atoms with Gasteiger partial charge in [-0.05, 0) is 31.2 Å². The van der Waals surface area contributed by atoms with E-state index >= 15 is 0 Å². The summed E-state index contributed by atoms with van der Waals surface area (Å²) in [4.78, 5) is 33.3. The van der Waals surface area contributed by atoms with Gasteiger partial charge in [0.1, 0.15) is 17.2 Å². The summed E-state index contributed by atoms with van der Waals surface area (Å²) in [6, 6.07) is 5.48. The largest absolute Gasteiger partial charge is 0.311 e. The zero-order valence-corrected chi connectivity index (χ0v) is 13.9. The molecule has 1 aromatic heterocycles. The van der Waals surface area contributed by atoms with Crippen LogP contribution < -0.4 is 10.5 Å². The third-order valence-corrected chi connectivity index (χ3v) is 3.54. The molecule has 0 saturated heterocycles. The van der Waals surface area contributed by atoms with Crippen LogP contribution in [0.3, 0.4) is 0 Å². The van der Waals surface area contributed by atoms with Gasteiger partial charge in [-0.2, -0.15) is 0 Å². The van der Waals surface area contributed by atoms with Crippen LogP contribution in [0.25, 0.3) is 0 Å². The fourth-order valence-electron chi connectivity index (χ4n) is 2.14. The first-order chi connectivity index (χ1) is 10.6. The minimum absolute atomic E-state index is 0.00942. The minimum Gasteiger partial charge on any atom is -0.311 e. The molecule has 0 aliphatic carbocycles. The van der Waals surface area contributed by atoms with E-state index in [1.165, 1.54) is 36.2 Å². The quantitative estimate of drug-likeness (QED) is 0.926. The van der Waals surface area contributed by atoms with E-state index in [0.29, 0.717) is 17.2 Å². The van der Waals surface area contributed by atoms with Crippen molar-refractivity contribution in [1.82, 2.24) is 9.97 Å². The smallest absolute Gasteiger partial charge is 0.265 e. The van der Waals surface area contributed by atoms with Crippen molar-refractivity contribution in [3.05, 3.63) is 57.5 Å². The molecule has 0 fully saturated rings. The molecule has 1 heterocycles. The summed E-state index contributed by atoms with van der Waals surface area (Å²) in [5.41, 5.74) is 0.0629. The fourth-order valence-corrected chi connectivity index (χ4v) is 2.14. The average Bonchev–Trinajstić information content (AvgIpc) is 2.45. The predicted octanol–water partition coefficient (Wildman–Crippen LogP) is 2.79. The monoisotopic (exact) mass is 317 g/mol. The Bertz CT molecular complexity index is 789. The number of H-pyrrole nitrogens is 1. The van der Waals surface area contributed by atoms with Crippen LogP contribution in [0.15, 0.2) is 29.1 Å². The van der Waals surface area contributed by atoms with Gasteiger partial charge in [-0.25, -0.2) is 9.37 Å². The third kappa shape index (κ3) is 3.47. The fraction of sp³-hybridized carbons (Fsp3) is 0.353. The van der Waals surface area contributed by atoms with Crippen LogP contribution in [0, 0.1) is 12.7 Å². The van der Waals surface area contributed by atoms with E-state index in [9.17, 15) is 14.0 Å². The maximum Gasteiger partial charge on any atom is 0.265 e. The molecule has 2 aromatic rings. The Morgan fingerprint density at radius 1 is 1.22 bits per heavy atom. The number of aromatic amines is 1. The number of aryl methyl sites for hydroxylation is 1. The molecule has 23 heavy (non-hydrogen) atoms. The van der Waals surface area contributed by atoms with Crippen molar-refractivity contribution >= 4 is 11.6 Å². The number of rotatable bonds is 2. The number of anilines is 1. The van der Waals surface area contributed by atoms with Crippen LogP contribution in [-0.2, 0) is 5.41 Å². The van der Waals surface area contributed by atoms with Crippen molar-refractivity contribution in [3.63, 3.8) is 0 Å². The highest BCUT2D eigenvalue weighted by atomic mass is 19.1. The second kappa shape index (κ2) is 5.95. The van der Waals surface area contributed by atoms with Crippen molar-refractivity contribution in [1.29, 1.82) is 0 Å². The van der Waals surface area contributed by atoms with Gasteiger partial charge in [0.2, 0.25) is 0 Å². The number of halogens is 1. The van der Waals surface area contributed by atoms with Crippen LogP contribution in [0.5, 0.6) is 0 Å². The summed E-state index contributed by atoms with van der Waals surface area (Å²) in [6.45, 7) is 7.42. The zero-order chi connectivity index (χ0) is 17.4. The summed E-state index contributed by atoms with van der Waals surface area (Å²) in [5.74, 6) is -0.343. The van der Waals surface area contributed by atoms with Gasteiger partial charge in [-0.1, -0.05) is 20.8 Å². The summed E-state index contributed by atoms with van der Waals surface area (Å²) >= 11 is 0. The predicted molar refractivity (Wildman–Crippen MR) is 87.4 cm³/mol. The van der Waals surface area contributed by atoms with Gasteiger partial charge in [-0.3, -0.25) is 9.59 Å². The lowest BCUT2D eigenvalue weighted by molar-refractivity contribution is 0.0990. The molecule has 122 valence electrons. The molecule has 0 saturated carbocycles. The van der Waals surface area contributed by atoms with Crippen molar-refractivity contribution in [2.24, 2.45) is 0 Å². The van der Waals surface area contributed by atoms with Gasteiger partial charge in [-0.15, -0.1) is 0 Å². The average molecular weight is 317 g/mol. The highest BCUT2D eigenvalue weighted by molar-refractivity contribution is 6.06. The molecule has 1 N–H and O–H groups in total. The lowest BCUT2D eigenvalue weighted by atomic mass is 9.95. The van der Waals surface area contributed by atoms with Gasteiger partial charge >= 0.3 is 0 Å². The summed E-state index contributed by atoms with van der Waals surface area (Å²) in [7, 11) is 1.53. The van der Waals surface area contributed by atoms with Gasteiger partial charge in [0, 0.05) is 18.2 Å². The van der Waals surface area contributed by atoms with Gasteiger partial charge in [0.15, 0.2) is 0 Å². The second-order valence-corrected chi connectivity index (χ2v) is 6.47. The Kier molecular flexibility index (Phi) is 4.36. The molecule has 1 amide bonds. The Morgan fingerprint density at radius 2 is 1.78 bits per heavy atom. The summed E-state index contributed by atoms with van der Waals surface area (Å²) in [5, 5.41) is 0. The number of nitrogens with zero attached hydrogens (tertiary/aromatic N) is 2. The number of benzene rings is 1. The molecule has 0 aliphatic heterocycles. The van der Waals surface area contributed by atoms with Crippen LogP contribution >= 0.6 is 0 Å². The Balaban J connectivity index is 2.43. The van der Waals surface area contributed by atoms with E-state index in [2.05, 4.69) is 9.97 Å². The van der Waals surface area contributed by atoms with Crippen LogP contribution in [0.2, 0.25) is 0 Å². The maximum absolute atomic E-state index is 13.0. The number of nitrogens with one attached hydrogen (secondary N) is 1. The second-order valence-electron chi connectivity index (χ2n) is 6.47. The molecule has 6 heteroatoms. The first-order valence-corrected chi connectivity index (χ1v) is 7.26. The van der Waals surface area contributed by atoms with E-state index in [-0.39, 0.29) is 16.8 Å². The number of carbonyl (C=O) groups excluding carboxylic acids is 1. The summed E-state index contributed by atoms with van der Waals surface area (Å²) < 4.78 is 13.0. The molecule has 1 aromatic carbocycles.